The maximum atomic E-state index is 13.3. The van der Waals surface area contributed by atoms with Crippen LogP contribution >= 0.6 is 0 Å². The van der Waals surface area contributed by atoms with E-state index in [2.05, 4.69) is 50.6 Å². The van der Waals surface area contributed by atoms with Gasteiger partial charge in [-0.1, -0.05) is 0 Å². The van der Waals surface area contributed by atoms with Crippen LogP contribution in [0.2, 0.25) is 0 Å². The molecule has 1 aliphatic carbocycles. The van der Waals surface area contributed by atoms with Gasteiger partial charge in [-0.25, -0.2) is 0 Å². The molecular formula is C29H29FOSe. The van der Waals surface area contributed by atoms with Crippen molar-refractivity contribution in [2.24, 2.45) is 0 Å². The number of rotatable bonds is 4. The summed E-state index contributed by atoms with van der Waals surface area (Å²) in [6.07, 6.45) is 2.27. The summed E-state index contributed by atoms with van der Waals surface area (Å²) in [4.78, 5) is 3.40. The predicted octanol–water partition coefficient (Wildman–Crippen LogP) is 6.09. The number of ether oxygens (including phenoxy) is 1. The van der Waals surface area contributed by atoms with E-state index in [1.165, 1.54) is 27.7 Å². The Morgan fingerprint density at radius 2 is 1.59 bits per heavy atom. The summed E-state index contributed by atoms with van der Waals surface area (Å²) in [6, 6.07) is 21.2. The molecule has 0 aliphatic heterocycles. The van der Waals surface area contributed by atoms with Crippen molar-refractivity contribution in [2.45, 2.75) is 58.0 Å². The average Bonchev–Trinajstić information content (AvgIpc) is 2.77. The first kappa shape index (κ1) is 22.7. The molecule has 0 bridgehead atoms. The molecule has 4 rings (SSSR count). The van der Waals surface area contributed by atoms with Crippen LogP contribution in [0.25, 0.3) is 0 Å². The molecule has 0 saturated carbocycles. The van der Waals surface area contributed by atoms with Gasteiger partial charge in [-0.05, 0) is 0 Å². The van der Waals surface area contributed by atoms with E-state index >= 15 is 0 Å². The number of fused-ring (bicyclic) bond motifs is 1. The van der Waals surface area contributed by atoms with Gasteiger partial charge in [0.25, 0.3) is 0 Å². The summed E-state index contributed by atoms with van der Waals surface area (Å²) in [5, 5.41) is 0. The molecule has 0 amide bonds. The standard InChI is InChI=1S/C29H29FOSe/c1-28(2)15-16-29(3,4)27-25(28)18-24(32-17-14-21-8-6-5-7-9-21)19-26(27)31-20-22-10-12-23(30)13-11-22/h5-13,18-19H,15-16,20H2,1-4H3. The zero-order chi connectivity index (χ0) is 22.8. The molecule has 0 N–H and O–H groups in total. The molecular weight excluding hydrogens is 462 g/mol. The molecule has 1 nitrogen and oxygen atoms in total. The predicted molar refractivity (Wildman–Crippen MR) is 131 cm³/mol. The number of halogens is 1. The number of benzene rings is 3. The Labute approximate surface area is 197 Å². The van der Waals surface area contributed by atoms with E-state index in [1.807, 2.05) is 30.3 Å². The molecule has 0 unspecified atom stereocenters. The van der Waals surface area contributed by atoms with E-state index in [0.29, 0.717) is 6.61 Å². The normalized spacial score (nSPS) is 15.9. The Kier molecular flexibility index (Phi) is 6.47. The molecule has 164 valence electrons. The van der Waals surface area contributed by atoms with E-state index in [9.17, 15) is 4.39 Å². The van der Waals surface area contributed by atoms with Crippen LogP contribution in [-0.2, 0) is 17.4 Å². The van der Waals surface area contributed by atoms with Gasteiger partial charge in [0, 0.05) is 0 Å². The fraction of sp³-hybridized carbons (Fsp3) is 0.310. The topological polar surface area (TPSA) is 9.23 Å². The molecule has 0 heterocycles. The van der Waals surface area contributed by atoms with Gasteiger partial charge in [-0.3, -0.25) is 0 Å². The Bertz CT molecular complexity index is 1150. The fourth-order valence-electron chi connectivity index (χ4n) is 4.29. The van der Waals surface area contributed by atoms with E-state index in [4.69, 9.17) is 4.74 Å². The second kappa shape index (κ2) is 9.14. The van der Waals surface area contributed by atoms with E-state index in [-0.39, 0.29) is 31.6 Å². The fourth-order valence-corrected chi connectivity index (χ4v) is 5.61. The first-order valence-electron chi connectivity index (χ1n) is 11.0. The van der Waals surface area contributed by atoms with Gasteiger partial charge < -0.3 is 0 Å². The van der Waals surface area contributed by atoms with Crippen molar-refractivity contribution in [1.29, 1.82) is 0 Å². The van der Waals surface area contributed by atoms with Crippen LogP contribution in [0.1, 0.15) is 62.8 Å². The Hall–Kier alpha value is -2.53. The van der Waals surface area contributed by atoms with Crippen LogP contribution in [0.3, 0.4) is 0 Å². The Morgan fingerprint density at radius 1 is 0.906 bits per heavy atom. The zero-order valence-electron chi connectivity index (χ0n) is 19.2. The van der Waals surface area contributed by atoms with E-state index < -0.39 is 0 Å². The Balaban J connectivity index is 1.70. The van der Waals surface area contributed by atoms with E-state index in [1.54, 1.807) is 12.1 Å². The third kappa shape index (κ3) is 5.09. The summed E-state index contributed by atoms with van der Waals surface area (Å²) in [5.74, 6) is 4.02. The third-order valence-corrected chi connectivity index (χ3v) is 7.72. The van der Waals surface area contributed by atoms with Gasteiger partial charge in [0.05, 0.1) is 0 Å². The molecule has 0 spiro atoms. The van der Waals surface area contributed by atoms with Crippen molar-refractivity contribution in [3.63, 3.8) is 0 Å². The molecule has 3 aromatic carbocycles. The third-order valence-electron chi connectivity index (χ3n) is 6.30. The van der Waals surface area contributed by atoms with Crippen molar-refractivity contribution in [3.05, 3.63) is 94.8 Å². The van der Waals surface area contributed by atoms with Gasteiger partial charge in [0.15, 0.2) is 0 Å². The second-order valence-corrected chi connectivity index (χ2v) is 11.6. The van der Waals surface area contributed by atoms with Crippen molar-refractivity contribution in [3.8, 4) is 16.5 Å². The molecule has 1 aliphatic rings. The monoisotopic (exact) mass is 492 g/mol. The van der Waals surface area contributed by atoms with Crippen LogP contribution in [0.15, 0.2) is 66.7 Å². The molecule has 0 atom stereocenters. The summed E-state index contributed by atoms with van der Waals surface area (Å²) >= 11 is 0.0243. The van der Waals surface area contributed by atoms with Crippen molar-refractivity contribution in [1.82, 2.24) is 0 Å². The molecule has 32 heavy (non-hydrogen) atoms. The summed E-state index contributed by atoms with van der Waals surface area (Å²) in [5.41, 5.74) is 4.84. The summed E-state index contributed by atoms with van der Waals surface area (Å²) in [7, 11) is 0. The van der Waals surface area contributed by atoms with Gasteiger partial charge in [0.2, 0.25) is 0 Å². The van der Waals surface area contributed by atoms with Gasteiger partial charge >= 0.3 is 198 Å². The van der Waals surface area contributed by atoms with Crippen molar-refractivity contribution >= 4 is 19.4 Å². The maximum absolute atomic E-state index is 13.3. The first-order valence-corrected chi connectivity index (χ1v) is 12.8. The van der Waals surface area contributed by atoms with Crippen LogP contribution in [0.4, 0.5) is 4.39 Å². The first-order chi connectivity index (χ1) is 15.2. The van der Waals surface area contributed by atoms with Crippen LogP contribution < -0.4 is 9.20 Å². The number of hydrogen-bond acceptors (Lipinski definition) is 1. The minimum absolute atomic E-state index is 0.0243. The number of hydrogen-bond donors (Lipinski definition) is 0. The summed E-state index contributed by atoms with van der Waals surface area (Å²) in [6.45, 7) is 9.71. The van der Waals surface area contributed by atoms with Crippen LogP contribution in [0.5, 0.6) is 5.75 Å². The van der Waals surface area contributed by atoms with Gasteiger partial charge in [-0.2, -0.15) is 0 Å². The quantitative estimate of drug-likeness (QED) is 0.317. The second-order valence-electron chi connectivity index (χ2n) is 9.72. The molecule has 3 aromatic rings. The minimum atomic E-state index is -0.226. The SMILES string of the molecule is CC1(C)CCC(C)(C)c2c(OCc3ccc(F)cc3)cc([Se]C#Cc3ccccc3)cc21. The van der Waals surface area contributed by atoms with Crippen LogP contribution in [0, 0.1) is 16.6 Å². The average molecular weight is 492 g/mol. The Morgan fingerprint density at radius 3 is 2.31 bits per heavy atom. The van der Waals surface area contributed by atoms with E-state index in [0.717, 1.165) is 29.7 Å². The molecule has 0 aromatic heterocycles. The van der Waals surface area contributed by atoms with Gasteiger partial charge in [-0.15, -0.1) is 0 Å². The van der Waals surface area contributed by atoms with Crippen molar-refractivity contribution in [2.75, 3.05) is 0 Å². The molecule has 0 radical (unpaired) electrons. The van der Waals surface area contributed by atoms with Crippen molar-refractivity contribution < 1.29 is 9.13 Å². The zero-order valence-corrected chi connectivity index (χ0v) is 20.9. The summed E-state index contributed by atoms with van der Waals surface area (Å²) < 4.78 is 20.9. The van der Waals surface area contributed by atoms with Crippen LogP contribution in [-0.4, -0.2) is 15.0 Å². The molecule has 0 saturated heterocycles. The van der Waals surface area contributed by atoms with Gasteiger partial charge in [0.1, 0.15) is 0 Å². The molecule has 0 fully saturated rings. The molecule has 3 heteroatoms.